The van der Waals surface area contributed by atoms with Gasteiger partial charge in [0, 0.05) is 6.42 Å². The quantitative estimate of drug-likeness (QED) is 0.128. The second-order valence-corrected chi connectivity index (χ2v) is 10.4. The Morgan fingerprint density at radius 1 is 0.921 bits per heavy atom. The minimum absolute atomic E-state index is 0.0436. The van der Waals surface area contributed by atoms with Gasteiger partial charge < -0.3 is 37.6 Å². The molecule has 12 heteroatoms. The number of nitrogens with one attached hydrogen (secondary N) is 3. The number of unbranched alkanes of at least 4 members (excludes halogenated alkanes) is 1. The van der Waals surface area contributed by atoms with Crippen LogP contribution in [0.5, 0.6) is 5.75 Å². The van der Waals surface area contributed by atoms with Crippen molar-refractivity contribution in [2.24, 2.45) is 17.4 Å². The number of rotatable bonds is 18. The Bertz CT molecular complexity index is 901. The molecule has 1 aromatic rings. The normalized spacial score (nSPS) is 15.0. The van der Waals surface area contributed by atoms with Gasteiger partial charge in [0.1, 0.15) is 23.9 Å². The van der Waals surface area contributed by atoms with E-state index in [4.69, 9.17) is 11.5 Å². The summed E-state index contributed by atoms with van der Waals surface area (Å²) in [5.74, 6) is -2.40. The molecule has 9 N–H and O–H groups in total. The van der Waals surface area contributed by atoms with E-state index in [1.54, 1.807) is 12.1 Å². The van der Waals surface area contributed by atoms with Crippen LogP contribution in [0.4, 0.5) is 0 Å². The Labute approximate surface area is 228 Å². The van der Waals surface area contributed by atoms with Crippen LogP contribution < -0.4 is 27.4 Å². The highest BCUT2D eigenvalue weighted by molar-refractivity contribution is 7.98. The van der Waals surface area contributed by atoms with Gasteiger partial charge in [0.2, 0.25) is 17.7 Å². The third-order valence-electron chi connectivity index (χ3n) is 6.37. The fraction of sp³-hybridized carbons (Fsp3) is 0.615. The lowest BCUT2D eigenvalue weighted by molar-refractivity contribution is -0.142. The van der Waals surface area contributed by atoms with Crippen molar-refractivity contribution in [3.8, 4) is 5.75 Å². The summed E-state index contributed by atoms with van der Waals surface area (Å²) in [6.07, 6.45) is 4.29. The van der Waals surface area contributed by atoms with Gasteiger partial charge in [0.25, 0.3) is 0 Å². The van der Waals surface area contributed by atoms with Crippen molar-refractivity contribution >= 4 is 35.5 Å². The van der Waals surface area contributed by atoms with E-state index < -0.39 is 47.9 Å². The van der Waals surface area contributed by atoms with E-state index in [0.717, 1.165) is 0 Å². The first-order valence-corrected chi connectivity index (χ1v) is 14.3. The van der Waals surface area contributed by atoms with Gasteiger partial charge in [-0.2, -0.15) is 11.8 Å². The highest BCUT2D eigenvalue weighted by Crippen LogP contribution is 2.13. The Morgan fingerprint density at radius 3 is 2.05 bits per heavy atom. The molecule has 0 radical (unpaired) electrons. The van der Waals surface area contributed by atoms with Gasteiger partial charge in [-0.05, 0) is 67.9 Å². The van der Waals surface area contributed by atoms with Gasteiger partial charge in [-0.1, -0.05) is 32.4 Å². The number of carbonyl (C=O) groups excluding carboxylic acids is 3. The third kappa shape index (κ3) is 11.7. The number of phenols is 1. The molecule has 5 atom stereocenters. The number of carboxylic acid groups (broad SMARTS) is 1. The summed E-state index contributed by atoms with van der Waals surface area (Å²) in [4.78, 5) is 51.0. The summed E-state index contributed by atoms with van der Waals surface area (Å²) in [5.41, 5.74) is 12.3. The van der Waals surface area contributed by atoms with E-state index in [0.29, 0.717) is 43.5 Å². The zero-order valence-corrected chi connectivity index (χ0v) is 23.3. The van der Waals surface area contributed by atoms with Gasteiger partial charge in [0.15, 0.2) is 0 Å². The number of nitrogens with two attached hydrogens (primary N) is 2. The van der Waals surface area contributed by atoms with Crippen molar-refractivity contribution in [2.75, 3.05) is 18.6 Å². The molecule has 1 aromatic carbocycles. The number of aliphatic carboxylic acids is 1. The SMILES string of the molecule is CCC(C)C(N)C(=O)NC(CCCCN)C(=O)NC(Cc1ccc(O)cc1)C(=O)NC(CCSC)C(=O)O. The summed E-state index contributed by atoms with van der Waals surface area (Å²) in [6.45, 7) is 4.19. The molecule has 3 amide bonds. The summed E-state index contributed by atoms with van der Waals surface area (Å²) in [7, 11) is 0. The number of hydrogen-bond acceptors (Lipinski definition) is 8. The molecule has 0 spiro atoms. The van der Waals surface area contributed by atoms with E-state index in [-0.39, 0.29) is 24.5 Å². The van der Waals surface area contributed by atoms with Crippen LogP contribution in [0.25, 0.3) is 0 Å². The molecule has 0 saturated heterocycles. The van der Waals surface area contributed by atoms with Crippen LogP contribution in [0.3, 0.4) is 0 Å². The lowest BCUT2D eigenvalue weighted by Crippen LogP contribution is -2.58. The van der Waals surface area contributed by atoms with E-state index in [1.807, 2.05) is 20.1 Å². The van der Waals surface area contributed by atoms with E-state index in [1.165, 1.54) is 23.9 Å². The monoisotopic (exact) mass is 553 g/mol. The molecule has 0 aliphatic heterocycles. The van der Waals surface area contributed by atoms with Crippen LogP contribution in [-0.2, 0) is 25.6 Å². The Morgan fingerprint density at radius 2 is 1.50 bits per heavy atom. The first-order chi connectivity index (χ1) is 18.0. The fourth-order valence-corrected chi connectivity index (χ4v) is 4.13. The van der Waals surface area contributed by atoms with E-state index in [9.17, 15) is 29.4 Å². The average Bonchev–Trinajstić information content (AvgIpc) is 2.89. The van der Waals surface area contributed by atoms with Crippen LogP contribution in [0.2, 0.25) is 0 Å². The summed E-state index contributed by atoms with van der Waals surface area (Å²) < 4.78 is 0. The van der Waals surface area contributed by atoms with Crippen molar-refractivity contribution in [1.29, 1.82) is 0 Å². The number of thioether (sulfide) groups is 1. The van der Waals surface area contributed by atoms with Crippen LogP contribution in [-0.4, -0.2) is 76.6 Å². The van der Waals surface area contributed by atoms with Gasteiger partial charge in [-0.3, -0.25) is 14.4 Å². The van der Waals surface area contributed by atoms with Crippen molar-refractivity contribution in [3.05, 3.63) is 29.8 Å². The van der Waals surface area contributed by atoms with E-state index in [2.05, 4.69) is 16.0 Å². The maximum atomic E-state index is 13.3. The average molecular weight is 554 g/mol. The number of benzene rings is 1. The number of carboxylic acids is 1. The molecule has 0 saturated carbocycles. The Hall–Kier alpha value is -2.83. The van der Waals surface area contributed by atoms with Crippen molar-refractivity contribution < 1.29 is 29.4 Å². The maximum Gasteiger partial charge on any atom is 0.326 e. The number of amides is 3. The van der Waals surface area contributed by atoms with Gasteiger partial charge in [-0.25, -0.2) is 4.79 Å². The molecule has 0 heterocycles. The van der Waals surface area contributed by atoms with Crippen molar-refractivity contribution in [2.45, 2.75) is 76.5 Å². The fourth-order valence-electron chi connectivity index (χ4n) is 3.66. The second kappa shape index (κ2) is 17.6. The number of hydrogen-bond donors (Lipinski definition) is 7. The van der Waals surface area contributed by atoms with Crippen LogP contribution in [0.15, 0.2) is 24.3 Å². The molecule has 11 nitrogen and oxygen atoms in total. The molecule has 0 fully saturated rings. The number of aromatic hydroxyl groups is 1. The highest BCUT2D eigenvalue weighted by Gasteiger charge is 2.31. The largest absolute Gasteiger partial charge is 0.508 e. The summed E-state index contributed by atoms with van der Waals surface area (Å²) in [6, 6.07) is 2.13. The molecule has 0 aliphatic carbocycles. The van der Waals surface area contributed by atoms with Crippen LogP contribution >= 0.6 is 11.8 Å². The zero-order chi connectivity index (χ0) is 28.7. The predicted octanol–water partition coefficient (Wildman–Crippen LogP) is 0.729. The molecule has 38 heavy (non-hydrogen) atoms. The maximum absolute atomic E-state index is 13.3. The predicted molar refractivity (Wildman–Crippen MR) is 149 cm³/mol. The molecular weight excluding hydrogens is 510 g/mol. The molecular formula is C26H43N5O6S. The number of carbonyl (C=O) groups is 4. The van der Waals surface area contributed by atoms with Crippen molar-refractivity contribution in [1.82, 2.24) is 16.0 Å². The third-order valence-corrected chi connectivity index (χ3v) is 7.02. The van der Waals surface area contributed by atoms with Gasteiger partial charge >= 0.3 is 5.97 Å². The highest BCUT2D eigenvalue weighted by atomic mass is 32.2. The molecule has 1 rings (SSSR count). The molecule has 5 unspecified atom stereocenters. The minimum atomic E-state index is -1.17. The molecule has 0 bridgehead atoms. The van der Waals surface area contributed by atoms with Crippen LogP contribution in [0.1, 0.15) is 51.5 Å². The standard InChI is InChI=1S/C26H43N5O6S/c1-4-16(2)22(28)25(35)29-19(7-5-6-13-27)23(33)31-21(15-17-8-10-18(32)11-9-17)24(34)30-20(26(36)37)12-14-38-3/h8-11,16,19-22,32H,4-7,12-15,27-28H2,1-3H3,(H,29,35)(H,30,34)(H,31,33)(H,36,37). The summed E-state index contributed by atoms with van der Waals surface area (Å²) >= 11 is 1.45. The summed E-state index contributed by atoms with van der Waals surface area (Å²) in [5, 5.41) is 27.1. The molecule has 0 aliphatic rings. The Balaban J connectivity index is 3.15. The smallest absolute Gasteiger partial charge is 0.326 e. The lowest BCUT2D eigenvalue weighted by atomic mass is 9.98. The van der Waals surface area contributed by atoms with Crippen LogP contribution in [0, 0.1) is 5.92 Å². The van der Waals surface area contributed by atoms with Crippen molar-refractivity contribution in [3.63, 3.8) is 0 Å². The Kier molecular flexibility index (Phi) is 15.4. The van der Waals surface area contributed by atoms with E-state index >= 15 is 0 Å². The zero-order valence-electron chi connectivity index (χ0n) is 22.4. The first kappa shape index (κ1) is 33.2. The number of phenolic OH excluding ortho intramolecular Hbond substituents is 1. The van der Waals surface area contributed by atoms with Gasteiger partial charge in [-0.15, -0.1) is 0 Å². The second-order valence-electron chi connectivity index (χ2n) is 9.37. The minimum Gasteiger partial charge on any atom is -0.508 e. The molecule has 214 valence electrons. The lowest BCUT2D eigenvalue weighted by Gasteiger charge is -2.26. The molecule has 0 aromatic heterocycles. The topological polar surface area (TPSA) is 197 Å². The van der Waals surface area contributed by atoms with Gasteiger partial charge in [0.05, 0.1) is 6.04 Å². The first-order valence-electron chi connectivity index (χ1n) is 12.9.